The summed E-state index contributed by atoms with van der Waals surface area (Å²) < 4.78 is 0.552. The third-order valence-corrected chi connectivity index (χ3v) is 2.87. The van der Waals surface area contributed by atoms with Gasteiger partial charge in [0, 0.05) is 17.5 Å². The summed E-state index contributed by atoms with van der Waals surface area (Å²) in [4.78, 5) is 20.3. The summed E-state index contributed by atoms with van der Waals surface area (Å²) in [6, 6.07) is 8.29. The van der Waals surface area contributed by atoms with Crippen LogP contribution in [0.4, 0.5) is 0 Å². The minimum Gasteiger partial charge on any atom is -0.410 e. The third kappa shape index (κ3) is 3.03. The van der Waals surface area contributed by atoms with Crippen LogP contribution in [-0.2, 0) is 0 Å². The van der Waals surface area contributed by atoms with Crippen LogP contribution in [0.1, 0.15) is 21.7 Å². The van der Waals surface area contributed by atoms with Crippen LogP contribution in [0, 0.1) is 6.92 Å². The molecule has 19 heavy (non-hydrogen) atoms. The number of hydrogen-bond acceptors (Lipinski definition) is 5. The number of rotatable bonds is 3. The average molecular weight is 320 g/mol. The number of nitrogens with zero attached hydrogens (tertiary/aromatic N) is 3. The molecule has 1 N–H and O–H groups in total. The lowest BCUT2D eigenvalue weighted by Gasteiger charge is -2.04. The summed E-state index contributed by atoms with van der Waals surface area (Å²) in [6.07, 6.45) is 1.52. The quantitative estimate of drug-likeness (QED) is 0.310. The molecule has 0 bridgehead atoms. The van der Waals surface area contributed by atoms with E-state index in [1.807, 2.05) is 0 Å². The lowest BCUT2D eigenvalue weighted by Crippen LogP contribution is -2.17. The molecule has 0 aliphatic carbocycles. The van der Waals surface area contributed by atoms with E-state index in [9.17, 15) is 4.79 Å². The highest BCUT2D eigenvalue weighted by molar-refractivity contribution is 9.10. The molecule has 0 aromatic carbocycles. The molecule has 2 aromatic rings. The van der Waals surface area contributed by atoms with E-state index in [0.29, 0.717) is 10.2 Å². The van der Waals surface area contributed by atoms with E-state index in [1.54, 1.807) is 37.3 Å². The second-order valence-electron chi connectivity index (χ2n) is 3.81. The van der Waals surface area contributed by atoms with E-state index in [4.69, 9.17) is 5.21 Å². The SMILES string of the molecule is Cc1cccc(C(=O)C(=NO)c2ccnc(Br)c2)n1. The van der Waals surface area contributed by atoms with Crippen LogP contribution in [0.25, 0.3) is 0 Å². The van der Waals surface area contributed by atoms with Gasteiger partial charge in [-0.25, -0.2) is 9.97 Å². The molecular weight excluding hydrogens is 310 g/mol. The Balaban J connectivity index is 2.41. The van der Waals surface area contributed by atoms with E-state index in [0.717, 1.165) is 5.69 Å². The molecule has 0 spiro atoms. The number of ketones is 1. The van der Waals surface area contributed by atoms with Crippen LogP contribution in [0.15, 0.2) is 46.3 Å². The molecule has 0 saturated heterocycles. The molecule has 0 radical (unpaired) electrons. The fourth-order valence-corrected chi connectivity index (χ4v) is 1.94. The molecule has 0 amide bonds. The van der Waals surface area contributed by atoms with Gasteiger partial charge >= 0.3 is 0 Å². The average Bonchev–Trinajstić information content (AvgIpc) is 2.39. The smallest absolute Gasteiger partial charge is 0.233 e. The van der Waals surface area contributed by atoms with Crippen LogP contribution in [0.3, 0.4) is 0 Å². The molecular formula is C13H10BrN3O2. The largest absolute Gasteiger partial charge is 0.410 e. The molecule has 2 rings (SSSR count). The predicted molar refractivity (Wildman–Crippen MR) is 73.6 cm³/mol. The summed E-state index contributed by atoms with van der Waals surface area (Å²) in [5, 5.41) is 12.2. The zero-order valence-corrected chi connectivity index (χ0v) is 11.6. The first-order chi connectivity index (χ1) is 9.11. The van der Waals surface area contributed by atoms with Crippen molar-refractivity contribution < 1.29 is 10.0 Å². The Morgan fingerprint density at radius 3 is 2.79 bits per heavy atom. The second kappa shape index (κ2) is 5.71. The molecule has 6 heteroatoms. The van der Waals surface area contributed by atoms with Gasteiger partial charge in [-0.2, -0.15) is 0 Å². The summed E-state index contributed by atoms with van der Waals surface area (Å²) in [6.45, 7) is 1.79. The van der Waals surface area contributed by atoms with E-state index >= 15 is 0 Å². The van der Waals surface area contributed by atoms with Gasteiger partial charge in [-0.1, -0.05) is 11.2 Å². The third-order valence-electron chi connectivity index (χ3n) is 2.44. The van der Waals surface area contributed by atoms with Gasteiger partial charge in [0.15, 0.2) is 5.71 Å². The van der Waals surface area contributed by atoms with Crippen molar-refractivity contribution >= 4 is 27.4 Å². The first kappa shape index (κ1) is 13.4. The van der Waals surface area contributed by atoms with E-state index in [1.165, 1.54) is 6.20 Å². The number of aryl methyl sites for hydroxylation is 1. The summed E-state index contributed by atoms with van der Waals surface area (Å²) in [5.41, 5.74) is 1.36. The lowest BCUT2D eigenvalue weighted by atomic mass is 10.1. The Morgan fingerprint density at radius 2 is 2.16 bits per heavy atom. The number of hydrogen-bond donors (Lipinski definition) is 1. The number of aromatic nitrogens is 2. The number of carbonyl (C=O) groups excluding carboxylic acids is 1. The van der Waals surface area contributed by atoms with Crippen LogP contribution in [0.2, 0.25) is 0 Å². The molecule has 0 fully saturated rings. The highest BCUT2D eigenvalue weighted by Gasteiger charge is 2.18. The van der Waals surface area contributed by atoms with Gasteiger partial charge in [-0.05, 0) is 47.1 Å². The normalized spacial score (nSPS) is 11.4. The first-order valence-corrected chi connectivity index (χ1v) is 6.23. The zero-order valence-electron chi connectivity index (χ0n) is 10.0. The van der Waals surface area contributed by atoms with Crippen LogP contribution in [0.5, 0.6) is 0 Å². The number of pyridine rings is 2. The maximum Gasteiger partial charge on any atom is 0.233 e. The van der Waals surface area contributed by atoms with Crippen molar-refractivity contribution in [1.29, 1.82) is 0 Å². The van der Waals surface area contributed by atoms with E-state index in [-0.39, 0.29) is 11.4 Å². The first-order valence-electron chi connectivity index (χ1n) is 5.44. The van der Waals surface area contributed by atoms with E-state index in [2.05, 4.69) is 31.1 Å². The summed E-state index contributed by atoms with van der Waals surface area (Å²) >= 11 is 3.20. The van der Waals surface area contributed by atoms with Crippen LogP contribution in [-0.4, -0.2) is 26.7 Å². The monoisotopic (exact) mass is 319 g/mol. The molecule has 2 aromatic heterocycles. The van der Waals surface area contributed by atoms with Crippen molar-refractivity contribution in [1.82, 2.24) is 9.97 Å². The second-order valence-corrected chi connectivity index (χ2v) is 4.62. The Hall–Kier alpha value is -2.08. The topological polar surface area (TPSA) is 75.4 Å². The van der Waals surface area contributed by atoms with Gasteiger partial charge < -0.3 is 5.21 Å². The van der Waals surface area contributed by atoms with Gasteiger partial charge in [0.2, 0.25) is 5.78 Å². The standard InChI is InChI=1S/C13H10BrN3O2/c1-8-3-2-4-10(16-8)13(18)12(17-19)9-5-6-15-11(14)7-9/h2-7,19H,1H3. The number of Topliss-reactive ketones (excluding diaryl/α,β-unsaturated/α-hetero) is 1. The maximum atomic E-state index is 12.3. The molecule has 5 nitrogen and oxygen atoms in total. The fraction of sp³-hybridized carbons (Fsp3) is 0.0769. The van der Waals surface area contributed by atoms with Gasteiger partial charge in [0.25, 0.3) is 0 Å². The molecule has 96 valence electrons. The molecule has 0 saturated carbocycles. The maximum absolute atomic E-state index is 12.3. The van der Waals surface area contributed by atoms with Crippen LogP contribution >= 0.6 is 15.9 Å². The molecule has 2 heterocycles. The van der Waals surface area contributed by atoms with Crippen molar-refractivity contribution in [3.05, 3.63) is 58.1 Å². The summed E-state index contributed by atoms with van der Waals surface area (Å²) in [5.74, 6) is -0.440. The minimum atomic E-state index is -0.440. The zero-order chi connectivity index (χ0) is 13.8. The van der Waals surface area contributed by atoms with Gasteiger partial charge in [-0.3, -0.25) is 4.79 Å². The van der Waals surface area contributed by atoms with Gasteiger partial charge in [0.1, 0.15) is 10.3 Å². The molecule has 0 atom stereocenters. The van der Waals surface area contributed by atoms with Gasteiger partial charge in [0.05, 0.1) is 0 Å². The Bertz CT molecular complexity index is 656. The Morgan fingerprint density at radius 1 is 1.37 bits per heavy atom. The number of oxime groups is 1. The highest BCUT2D eigenvalue weighted by atomic mass is 79.9. The van der Waals surface area contributed by atoms with Crippen molar-refractivity contribution in [2.45, 2.75) is 6.92 Å². The van der Waals surface area contributed by atoms with Gasteiger partial charge in [-0.15, -0.1) is 0 Å². The highest BCUT2D eigenvalue weighted by Crippen LogP contribution is 2.12. The Kier molecular flexibility index (Phi) is 4.01. The van der Waals surface area contributed by atoms with Crippen molar-refractivity contribution in [2.24, 2.45) is 5.16 Å². The van der Waals surface area contributed by atoms with Crippen LogP contribution < -0.4 is 0 Å². The number of carbonyl (C=O) groups is 1. The van der Waals surface area contributed by atoms with Crippen molar-refractivity contribution in [3.8, 4) is 0 Å². The Labute approximate surface area is 118 Å². The molecule has 0 aliphatic rings. The molecule has 0 aliphatic heterocycles. The fourth-order valence-electron chi connectivity index (χ4n) is 1.57. The lowest BCUT2D eigenvalue weighted by molar-refractivity contribution is 0.105. The predicted octanol–water partition coefficient (Wildman–Crippen LogP) is 2.61. The number of halogens is 1. The van der Waals surface area contributed by atoms with Crippen molar-refractivity contribution in [2.75, 3.05) is 0 Å². The molecule has 0 unspecified atom stereocenters. The minimum absolute atomic E-state index is 0.0683. The van der Waals surface area contributed by atoms with E-state index < -0.39 is 5.78 Å². The summed E-state index contributed by atoms with van der Waals surface area (Å²) in [7, 11) is 0. The van der Waals surface area contributed by atoms with Crippen molar-refractivity contribution in [3.63, 3.8) is 0 Å².